The summed E-state index contributed by atoms with van der Waals surface area (Å²) in [6.45, 7) is 5.49. The van der Waals surface area contributed by atoms with Gasteiger partial charge in [-0.25, -0.2) is 0 Å². The van der Waals surface area contributed by atoms with Gasteiger partial charge in [-0.3, -0.25) is 9.78 Å². The van der Waals surface area contributed by atoms with Gasteiger partial charge in [0.2, 0.25) is 0 Å². The number of nitrogens with zero attached hydrogens (tertiary/aromatic N) is 2. The molecule has 1 atom stereocenters. The Labute approximate surface area is 185 Å². The monoisotopic (exact) mass is 442 g/mol. The number of hydrogen-bond acceptors (Lipinski definition) is 3. The summed E-state index contributed by atoms with van der Waals surface area (Å²) in [6, 6.07) is 16.5. The van der Waals surface area contributed by atoms with Crippen molar-refractivity contribution < 1.29 is 23.1 Å². The van der Waals surface area contributed by atoms with E-state index in [1.165, 1.54) is 24.1 Å². The van der Waals surface area contributed by atoms with Crippen molar-refractivity contribution in [2.75, 3.05) is 11.4 Å². The Morgan fingerprint density at radius 1 is 1.00 bits per heavy atom. The van der Waals surface area contributed by atoms with Crippen LogP contribution in [0.25, 0.3) is 0 Å². The average Bonchev–Trinajstić information content (AvgIpc) is 2.76. The number of amides is 1. The van der Waals surface area contributed by atoms with Gasteiger partial charge >= 0.3 is 6.18 Å². The number of rotatable bonds is 6. The van der Waals surface area contributed by atoms with Gasteiger partial charge in [0, 0.05) is 18.4 Å². The first kappa shape index (κ1) is 23.5. The van der Waals surface area contributed by atoms with E-state index in [0.717, 1.165) is 17.2 Å². The molecule has 0 aliphatic rings. The van der Waals surface area contributed by atoms with Crippen molar-refractivity contribution in [3.05, 3.63) is 94.8 Å². The fourth-order valence-electron chi connectivity index (χ4n) is 3.37. The minimum Gasteiger partial charge on any atom is -0.376 e. The molecule has 3 aromatic rings. The van der Waals surface area contributed by atoms with Crippen molar-refractivity contribution in [2.24, 2.45) is 0 Å². The SMILES string of the molecule is Cc1ccc(N(CCc2ccc(C(F)(F)F)nc2)C(=O)[C@@](C)(O)c2ccccc2)cc1C. The lowest BCUT2D eigenvalue weighted by atomic mass is 9.93. The number of anilines is 1. The molecule has 0 unspecified atom stereocenters. The van der Waals surface area contributed by atoms with Crippen molar-refractivity contribution in [2.45, 2.75) is 39.0 Å². The second-order valence-corrected chi connectivity index (χ2v) is 7.96. The quantitative estimate of drug-likeness (QED) is 0.571. The third-order valence-electron chi connectivity index (χ3n) is 5.54. The van der Waals surface area contributed by atoms with Crippen LogP contribution in [0, 0.1) is 13.8 Å². The second kappa shape index (κ2) is 9.12. The Hall–Kier alpha value is -3.19. The number of aliphatic hydroxyl groups is 1. The molecule has 0 bridgehead atoms. The molecule has 1 aromatic heterocycles. The van der Waals surface area contributed by atoms with Crippen LogP contribution in [-0.2, 0) is 23.0 Å². The fraction of sp³-hybridized carbons (Fsp3) is 0.280. The van der Waals surface area contributed by atoms with E-state index in [1.54, 1.807) is 36.4 Å². The Morgan fingerprint density at radius 3 is 2.25 bits per heavy atom. The second-order valence-electron chi connectivity index (χ2n) is 7.96. The zero-order valence-corrected chi connectivity index (χ0v) is 18.1. The number of alkyl halides is 3. The van der Waals surface area contributed by atoms with Crippen LogP contribution in [0.5, 0.6) is 0 Å². The molecule has 0 aliphatic heterocycles. The molecule has 1 N–H and O–H groups in total. The predicted octanol–water partition coefficient (Wildman–Crippen LogP) is 5.20. The van der Waals surface area contributed by atoms with Crippen LogP contribution in [0.3, 0.4) is 0 Å². The molecule has 3 rings (SSSR count). The van der Waals surface area contributed by atoms with Gasteiger partial charge < -0.3 is 10.0 Å². The van der Waals surface area contributed by atoms with Crippen LogP contribution in [0.2, 0.25) is 0 Å². The summed E-state index contributed by atoms with van der Waals surface area (Å²) in [6.07, 6.45) is -3.07. The first-order valence-corrected chi connectivity index (χ1v) is 10.2. The molecule has 2 aromatic carbocycles. The molecule has 0 radical (unpaired) electrons. The van der Waals surface area contributed by atoms with Gasteiger partial charge in [0.25, 0.3) is 5.91 Å². The summed E-state index contributed by atoms with van der Waals surface area (Å²) in [7, 11) is 0. The summed E-state index contributed by atoms with van der Waals surface area (Å²) in [4.78, 5) is 18.4. The Balaban J connectivity index is 1.90. The third kappa shape index (κ3) is 5.16. The van der Waals surface area contributed by atoms with Crippen molar-refractivity contribution in [1.82, 2.24) is 4.98 Å². The minimum atomic E-state index is -4.51. The van der Waals surface area contributed by atoms with Crippen LogP contribution in [0.1, 0.15) is 34.9 Å². The van der Waals surface area contributed by atoms with Crippen LogP contribution in [-0.4, -0.2) is 22.5 Å². The number of aromatic nitrogens is 1. The molecular weight excluding hydrogens is 417 g/mol. The van der Waals surface area contributed by atoms with Crippen molar-refractivity contribution in [3.63, 3.8) is 0 Å². The molecule has 0 aliphatic carbocycles. The normalized spacial score (nSPS) is 13.5. The molecule has 1 heterocycles. The van der Waals surface area contributed by atoms with E-state index in [2.05, 4.69) is 4.98 Å². The van der Waals surface area contributed by atoms with Crippen molar-refractivity contribution >= 4 is 11.6 Å². The van der Waals surface area contributed by atoms with E-state index < -0.39 is 23.4 Å². The number of carbonyl (C=O) groups is 1. The van der Waals surface area contributed by atoms with Crippen LogP contribution in [0.15, 0.2) is 66.9 Å². The topological polar surface area (TPSA) is 53.4 Å². The molecule has 1 amide bonds. The molecule has 4 nitrogen and oxygen atoms in total. The third-order valence-corrected chi connectivity index (χ3v) is 5.54. The maximum atomic E-state index is 13.5. The number of halogens is 3. The fourth-order valence-corrected chi connectivity index (χ4v) is 3.37. The van der Waals surface area contributed by atoms with E-state index in [9.17, 15) is 23.1 Å². The van der Waals surface area contributed by atoms with Crippen molar-refractivity contribution in [3.8, 4) is 0 Å². The lowest BCUT2D eigenvalue weighted by Crippen LogP contribution is -2.46. The smallest absolute Gasteiger partial charge is 0.376 e. The van der Waals surface area contributed by atoms with Gasteiger partial charge in [-0.1, -0.05) is 42.5 Å². The van der Waals surface area contributed by atoms with Gasteiger partial charge in [0.15, 0.2) is 5.60 Å². The van der Waals surface area contributed by atoms with E-state index in [0.29, 0.717) is 16.8 Å². The largest absolute Gasteiger partial charge is 0.433 e. The maximum absolute atomic E-state index is 13.5. The average molecular weight is 442 g/mol. The number of carbonyl (C=O) groups excluding carboxylic acids is 1. The highest BCUT2D eigenvalue weighted by molar-refractivity contribution is 5.99. The molecule has 32 heavy (non-hydrogen) atoms. The summed E-state index contributed by atoms with van der Waals surface area (Å²) in [5, 5.41) is 11.1. The lowest BCUT2D eigenvalue weighted by Gasteiger charge is -2.32. The molecule has 168 valence electrons. The Bertz CT molecular complexity index is 1080. The van der Waals surface area contributed by atoms with Crippen LogP contribution >= 0.6 is 0 Å². The summed E-state index contributed by atoms with van der Waals surface area (Å²) in [5.74, 6) is -0.521. The van der Waals surface area contributed by atoms with E-state index >= 15 is 0 Å². The molecule has 0 spiro atoms. The molecule has 0 saturated heterocycles. The Morgan fingerprint density at radius 2 is 1.69 bits per heavy atom. The summed E-state index contributed by atoms with van der Waals surface area (Å²) < 4.78 is 38.3. The van der Waals surface area contributed by atoms with Gasteiger partial charge in [0.1, 0.15) is 5.69 Å². The number of hydrogen-bond donors (Lipinski definition) is 1. The molecule has 0 saturated carbocycles. The molecular formula is C25H25F3N2O2. The number of aryl methyl sites for hydroxylation is 2. The zero-order valence-electron chi connectivity index (χ0n) is 18.1. The summed E-state index contributed by atoms with van der Waals surface area (Å²) >= 11 is 0. The van der Waals surface area contributed by atoms with Gasteiger partial charge in [-0.15, -0.1) is 0 Å². The first-order chi connectivity index (χ1) is 15.0. The summed E-state index contributed by atoms with van der Waals surface area (Å²) in [5.41, 5.74) is 0.913. The van der Waals surface area contributed by atoms with Gasteiger partial charge in [-0.05, 0) is 67.6 Å². The number of pyridine rings is 1. The highest BCUT2D eigenvalue weighted by Crippen LogP contribution is 2.29. The molecule has 7 heteroatoms. The van der Waals surface area contributed by atoms with Crippen LogP contribution in [0.4, 0.5) is 18.9 Å². The first-order valence-electron chi connectivity index (χ1n) is 10.2. The van der Waals surface area contributed by atoms with E-state index in [4.69, 9.17) is 0 Å². The highest BCUT2D eigenvalue weighted by atomic mass is 19.4. The van der Waals surface area contributed by atoms with E-state index in [-0.39, 0.29) is 13.0 Å². The minimum absolute atomic E-state index is 0.164. The van der Waals surface area contributed by atoms with Crippen LogP contribution < -0.4 is 4.90 Å². The van der Waals surface area contributed by atoms with Gasteiger partial charge in [0.05, 0.1) is 0 Å². The molecule has 0 fully saturated rings. The predicted molar refractivity (Wildman–Crippen MR) is 117 cm³/mol. The lowest BCUT2D eigenvalue weighted by molar-refractivity contribution is -0.141. The Kier molecular flexibility index (Phi) is 6.69. The highest BCUT2D eigenvalue weighted by Gasteiger charge is 2.37. The number of benzene rings is 2. The maximum Gasteiger partial charge on any atom is 0.433 e. The standard InChI is InChI=1S/C25H25F3N2O2/c1-17-9-11-21(15-18(17)2)30(23(31)24(3,32)20-7-5-4-6-8-20)14-13-19-10-12-22(29-16-19)25(26,27)28/h4-12,15-16,32H,13-14H2,1-3H3/t24-/m0/s1. The zero-order chi connectivity index (χ0) is 23.5. The van der Waals surface area contributed by atoms with Crippen molar-refractivity contribution in [1.29, 1.82) is 0 Å². The van der Waals surface area contributed by atoms with Gasteiger partial charge in [-0.2, -0.15) is 13.2 Å². The van der Waals surface area contributed by atoms with E-state index in [1.807, 2.05) is 26.0 Å².